The molecular weight excluding hydrogens is 317 g/mol. The molecule has 128 valence electrons. The highest BCUT2D eigenvalue weighted by Crippen LogP contribution is 2.39. The highest BCUT2D eigenvalue weighted by molar-refractivity contribution is 5.86. The second-order valence-corrected chi connectivity index (χ2v) is 6.56. The summed E-state index contributed by atoms with van der Waals surface area (Å²) in [5, 5.41) is 0.523. The van der Waals surface area contributed by atoms with Crippen LogP contribution in [0.2, 0.25) is 0 Å². The molecule has 1 aliphatic rings. The normalized spacial score (nSPS) is 22.0. The molecule has 1 fully saturated rings. The zero-order valence-corrected chi connectivity index (χ0v) is 13.6. The van der Waals surface area contributed by atoms with E-state index >= 15 is 0 Å². The lowest BCUT2D eigenvalue weighted by molar-refractivity contribution is -0.136. The van der Waals surface area contributed by atoms with E-state index in [0.29, 0.717) is 24.4 Å². The third-order valence-corrected chi connectivity index (χ3v) is 4.65. The summed E-state index contributed by atoms with van der Waals surface area (Å²) in [6, 6.07) is 6.00. The van der Waals surface area contributed by atoms with Gasteiger partial charge in [0.2, 0.25) is 5.91 Å². The fraction of sp³-hybridized carbons (Fsp3) is 0.444. The molecule has 1 aromatic heterocycles. The number of fused-ring (bicyclic) bond motifs is 1. The maximum Gasteiger partial charge on any atom is 0.418 e. The second-order valence-electron chi connectivity index (χ2n) is 6.56. The summed E-state index contributed by atoms with van der Waals surface area (Å²) in [5.74, 6) is 0.328. The Morgan fingerprint density at radius 3 is 2.67 bits per heavy atom. The van der Waals surface area contributed by atoms with Crippen LogP contribution in [0.25, 0.3) is 10.9 Å². The minimum Gasteiger partial charge on any atom is -0.342 e. The van der Waals surface area contributed by atoms with Gasteiger partial charge < -0.3 is 4.90 Å². The third-order valence-electron chi connectivity index (χ3n) is 4.65. The number of benzene rings is 1. The van der Waals surface area contributed by atoms with E-state index in [2.05, 4.69) is 11.9 Å². The minimum atomic E-state index is -4.43. The van der Waals surface area contributed by atoms with E-state index in [9.17, 15) is 18.0 Å². The Morgan fingerprint density at radius 1 is 1.25 bits per heavy atom. The predicted molar refractivity (Wildman–Crippen MR) is 85.5 cm³/mol. The minimum absolute atomic E-state index is 0.000826. The molecule has 1 aromatic carbocycles. The van der Waals surface area contributed by atoms with Crippen LogP contribution in [-0.4, -0.2) is 28.9 Å². The predicted octanol–water partition coefficient (Wildman–Crippen LogP) is 4.23. The van der Waals surface area contributed by atoms with Crippen LogP contribution in [0.15, 0.2) is 30.5 Å². The van der Waals surface area contributed by atoms with Crippen molar-refractivity contribution < 1.29 is 18.0 Å². The number of rotatable bonds is 1. The summed E-state index contributed by atoms with van der Waals surface area (Å²) in [6.45, 7) is 4.83. The third kappa shape index (κ3) is 3.09. The molecule has 0 saturated carbocycles. The first-order valence-electron chi connectivity index (χ1n) is 7.97. The Bertz CT molecular complexity index is 772. The van der Waals surface area contributed by atoms with E-state index in [1.165, 1.54) is 13.1 Å². The Balaban J connectivity index is 2.09. The van der Waals surface area contributed by atoms with Gasteiger partial charge in [0, 0.05) is 37.5 Å². The van der Waals surface area contributed by atoms with Gasteiger partial charge in [0.1, 0.15) is 0 Å². The topological polar surface area (TPSA) is 33.2 Å². The number of hydrogen-bond acceptors (Lipinski definition) is 2. The number of amides is 1. The average Bonchev–Trinajstić information content (AvgIpc) is 2.52. The molecule has 2 aromatic rings. The molecule has 0 aliphatic carbocycles. The molecule has 0 radical (unpaired) electrons. The van der Waals surface area contributed by atoms with Crippen molar-refractivity contribution in [3.05, 3.63) is 41.6 Å². The first-order chi connectivity index (χ1) is 11.3. The Morgan fingerprint density at radius 2 is 2.00 bits per heavy atom. The van der Waals surface area contributed by atoms with Crippen molar-refractivity contribution in [1.29, 1.82) is 0 Å². The van der Waals surface area contributed by atoms with Crippen LogP contribution in [0.5, 0.6) is 0 Å². The smallest absolute Gasteiger partial charge is 0.342 e. The molecular formula is C18H19F3N2O. The molecule has 1 unspecified atom stereocenters. The number of pyridine rings is 1. The molecule has 2 atom stereocenters. The van der Waals surface area contributed by atoms with Crippen LogP contribution in [0.4, 0.5) is 13.2 Å². The highest BCUT2D eigenvalue weighted by atomic mass is 19.4. The molecule has 6 heteroatoms. The van der Waals surface area contributed by atoms with E-state index in [-0.39, 0.29) is 17.3 Å². The highest BCUT2D eigenvalue weighted by Gasteiger charge is 2.35. The first kappa shape index (κ1) is 16.7. The van der Waals surface area contributed by atoms with Crippen molar-refractivity contribution in [3.8, 4) is 0 Å². The number of aromatic nitrogens is 1. The van der Waals surface area contributed by atoms with E-state index in [1.54, 1.807) is 23.1 Å². The number of piperidine rings is 1. The van der Waals surface area contributed by atoms with Gasteiger partial charge in [0.05, 0.1) is 11.1 Å². The van der Waals surface area contributed by atoms with Gasteiger partial charge in [-0.1, -0.05) is 19.1 Å². The summed E-state index contributed by atoms with van der Waals surface area (Å²) in [5.41, 5.74) is 0.105. The average molecular weight is 336 g/mol. The first-order valence-corrected chi connectivity index (χ1v) is 7.97. The van der Waals surface area contributed by atoms with Crippen molar-refractivity contribution in [2.45, 2.75) is 32.4 Å². The van der Waals surface area contributed by atoms with Crippen LogP contribution in [0.3, 0.4) is 0 Å². The molecule has 24 heavy (non-hydrogen) atoms. The van der Waals surface area contributed by atoms with Gasteiger partial charge in [-0.15, -0.1) is 0 Å². The van der Waals surface area contributed by atoms with Crippen molar-refractivity contribution in [2.24, 2.45) is 5.92 Å². The quantitative estimate of drug-likeness (QED) is 0.781. The summed E-state index contributed by atoms with van der Waals surface area (Å²) >= 11 is 0. The molecule has 1 aliphatic heterocycles. The van der Waals surface area contributed by atoms with Crippen molar-refractivity contribution in [3.63, 3.8) is 0 Å². The maximum absolute atomic E-state index is 13.2. The van der Waals surface area contributed by atoms with Gasteiger partial charge in [0.15, 0.2) is 0 Å². The number of likely N-dealkylation sites (tertiary alicyclic amines) is 1. The van der Waals surface area contributed by atoms with E-state index in [1.807, 2.05) is 0 Å². The zero-order chi connectivity index (χ0) is 17.5. The summed E-state index contributed by atoms with van der Waals surface area (Å²) in [7, 11) is 0. The molecule has 1 saturated heterocycles. The summed E-state index contributed by atoms with van der Waals surface area (Å²) in [6.07, 6.45) is -2.21. The molecule has 0 bridgehead atoms. The van der Waals surface area contributed by atoms with Crippen LogP contribution in [0.1, 0.15) is 37.3 Å². The monoisotopic (exact) mass is 336 g/mol. The van der Waals surface area contributed by atoms with Crippen molar-refractivity contribution >= 4 is 16.8 Å². The lowest BCUT2D eigenvalue weighted by Crippen LogP contribution is -2.41. The fourth-order valence-electron chi connectivity index (χ4n) is 3.61. The van der Waals surface area contributed by atoms with Crippen LogP contribution < -0.4 is 0 Å². The van der Waals surface area contributed by atoms with Gasteiger partial charge in [-0.25, -0.2) is 0 Å². The largest absolute Gasteiger partial charge is 0.418 e. The Hall–Kier alpha value is -2.11. The van der Waals surface area contributed by atoms with E-state index < -0.39 is 11.7 Å². The Kier molecular flexibility index (Phi) is 4.24. The van der Waals surface area contributed by atoms with Gasteiger partial charge in [-0.2, -0.15) is 13.2 Å². The molecule has 0 N–H and O–H groups in total. The molecule has 0 spiro atoms. The Labute approximate surface area is 138 Å². The van der Waals surface area contributed by atoms with Crippen molar-refractivity contribution in [1.82, 2.24) is 9.88 Å². The van der Waals surface area contributed by atoms with Gasteiger partial charge in [-0.3, -0.25) is 9.78 Å². The van der Waals surface area contributed by atoms with E-state index in [4.69, 9.17) is 0 Å². The number of carbonyl (C=O) groups excluding carboxylic acids is 1. The van der Waals surface area contributed by atoms with Gasteiger partial charge in [0.25, 0.3) is 0 Å². The summed E-state index contributed by atoms with van der Waals surface area (Å²) in [4.78, 5) is 17.5. The van der Waals surface area contributed by atoms with Gasteiger partial charge >= 0.3 is 6.18 Å². The van der Waals surface area contributed by atoms with Crippen LogP contribution in [0, 0.1) is 5.92 Å². The van der Waals surface area contributed by atoms with Crippen molar-refractivity contribution in [2.75, 3.05) is 13.1 Å². The standard InChI is InChI=1S/C18H19F3N2O/c1-11-8-13(10-23(9-11)12(2)24)14-5-6-16(18(19,20)21)17-15(14)4-3-7-22-17/h3-7,11,13H,8-10H2,1-2H3/t11-,13?/m1/s1. The zero-order valence-electron chi connectivity index (χ0n) is 13.6. The fourth-order valence-corrected chi connectivity index (χ4v) is 3.61. The molecule has 1 amide bonds. The number of halogens is 3. The molecule has 3 nitrogen and oxygen atoms in total. The SMILES string of the molecule is CC(=O)N1CC(c2ccc(C(F)(F)F)c3ncccc23)C[C@@H](C)C1. The van der Waals surface area contributed by atoms with Gasteiger partial charge in [-0.05, 0) is 30.0 Å². The van der Waals surface area contributed by atoms with E-state index in [0.717, 1.165) is 18.1 Å². The number of nitrogens with zero attached hydrogens (tertiary/aromatic N) is 2. The lowest BCUT2D eigenvalue weighted by atomic mass is 9.83. The molecule has 2 heterocycles. The number of carbonyl (C=O) groups is 1. The maximum atomic E-state index is 13.2. The number of alkyl halides is 3. The lowest BCUT2D eigenvalue weighted by Gasteiger charge is -2.36. The van der Waals surface area contributed by atoms with Crippen LogP contribution >= 0.6 is 0 Å². The molecule has 3 rings (SSSR count). The summed E-state index contributed by atoms with van der Waals surface area (Å²) < 4.78 is 39.7. The second kappa shape index (κ2) is 6.07. The number of hydrogen-bond donors (Lipinski definition) is 0. The van der Waals surface area contributed by atoms with Crippen LogP contribution in [-0.2, 0) is 11.0 Å².